The minimum absolute atomic E-state index is 0.0430. The number of furan rings is 1. The third kappa shape index (κ3) is 7.58. The van der Waals surface area contributed by atoms with Crippen LogP contribution in [-0.2, 0) is 22.6 Å². The van der Waals surface area contributed by atoms with Gasteiger partial charge in [-0.05, 0) is 74.7 Å². The van der Waals surface area contributed by atoms with Crippen LogP contribution in [0.3, 0.4) is 0 Å². The lowest BCUT2D eigenvalue weighted by Crippen LogP contribution is -2.23. The number of hydrogen-bond acceptors (Lipinski definition) is 7. The minimum atomic E-state index is -0.523. The number of carbonyl (C=O) groups excluding carboxylic acids is 1. The Labute approximate surface area is 239 Å². The zero-order valence-electron chi connectivity index (χ0n) is 23.6. The van der Waals surface area contributed by atoms with Gasteiger partial charge in [-0.2, -0.15) is 0 Å². The second-order valence-electron chi connectivity index (χ2n) is 10.4. The molecule has 1 N–H and O–H groups in total. The highest BCUT2D eigenvalue weighted by Crippen LogP contribution is 2.34. The lowest BCUT2D eigenvalue weighted by Gasteiger charge is -2.23. The fraction of sp³-hybridized carbons (Fsp3) is 0.344. The molecule has 3 aromatic carbocycles. The summed E-state index contributed by atoms with van der Waals surface area (Å²) in [5, 5.41) is 0.933. The molecule has 0 spiro atoms. The summed E-state index contributed by atoms with van der Waals surface area (Å²) < 4.78 is 39.9. The van der Waals surface area contributed by atoms with Crippen molar-refractivity contribution in [3.05, 3.63) is 83.6 Å². The minimum Gasteiger partial charge on any atom is -0.497 e. The van der Waals surface area contributed by atoms with Gasteiger partial charge >= 0.3 is 5.97 Å². The Bertz CT molecular complexity index is 1450. The number of fused-ring (bicyclic) bond motifs is 1. The quantitative estimate of drug-likeness (QED) is 0.139. The van der Waals surface area contributed by atoms with E-state index in [1.54, 1.807) is 32.4 Å². The van der Waals surface area contributed by atoms with Crippen LogP contribution in [0.5, 0.6) is 11.5 Å². The standard InChI is InChI=1S/C32H36FNO5S/c1-6-37-30(35)17-24-10-11-26(36-5)18-29(24)39-20-21-14-25-12-13-38-31(25)27(15-21)22-8-7-9-23(16-22)28(19-33)34-40-32(2,3)4/h7-16,18,28,34H,6,17,19-20H2,1-5H3. The number of benzene rings is 3. The van der Waals surface area contributed by atoms with Crippen molar-refractivity contribution in [3.63, 3.8) is 0 Å². The molecule has 0 radical (unpaired) electrons. The Hall–Kier alpha value is -3.49. The molecule has 212 valence electrons. The van der Waals surface area contributed by atoms with E-state index in [4.69, 9.17) is 18.6 Å². The molecule has 40 heavy (non-hydrogen) atoms. The molecule has 0 aliphatic carbocycles. The van der Waals surface area contributed by atoms with Gasteiger partial charge < -0.3 is 18.6 Å². The van der Waals surface area contributed by atoms with Crippen LogP contribution in [0.2, 0.25) is 0 Å². The summed E-state index contributed by atoms with van der Waals surface area (Å²) >= 11 is 1.52. The highest BCUT2D eigenvalue weighted by atomic mass is 32.2. The van der Waals surface area contributed by atoms with Gasteiger partial charge in [-0.15, -0.1) is 0 Å². The summed E-state index contributed by atoms with van der Waals surface area (Å²) in [6, 6.07) is 18.8. The fourth-order valence-corrected chi connectivity index (χ4v) is 4.97. The Morgan fingerprint density at radius 2 is 1.93 bits per heavy atom. The number of ether oxygens (including phenoxy) is 3. The van der Waals surface area contributed by atoms with Crippen molar-refractivity contribution in [2.75, 3.05) is 20.4 Å². The second kappa shape index (κ2) is 13.2. The molecule has 4 aromatic rings. The number of nitrogens with one attached hydrogen (secondary N) is 1. The van der Waals surface area contributed by atoms with E-state index in [1.165, 1.54) is 11.9 Å². The zero-order chi connectivity index (χ0) is 28.7. The van der Waals surface area contributed by atoms with Crippen molar-refractivity contribution in [1.29, 1.82) is 0 Å². The number of halogens is 1. The van der Waals surface area contributed by atoms with Gasteiger partial charge in [-0.25, -0.2) is 4.39 Å². The summed E-state index contributed by atoms with van der Waals surface area (Å²) in [6.07, 6.45) is 1.76. The highest BCUT2D eigenvalue weighted by molar-refractivity contribution is 7.98. The molecule has 0 aliphatic rings. The van der Waals surface area contributed by atoms with E-state index in [0.717, 1.165) is 38.8 Å². The molecular formula is C32H36FNO5S. The summed E-state index contributed by atoms with van der Waals surface area (Å²) in [7, 11) is 1.59. The molecule has 0 fully saturated rings. The van der Waals surface area contributed by atoms with Crippen LogP contribution in [-0.4, -0.2) is 31.1 Å². The molecule has 8 heteroatoms. The first-order valence-electron chi connectivity index (χ1n) is 13.3. The van der Waals surface area contributed by atoms with Gasteiger partial charge in [0.1, 0.15) is 30.4 Å². The van der Waals surface area contributed by atoms with E-state index in [0.29, 0.717) is 18.1 Å². The third-order valence-corrected chi connectivity index (χ3v) is 7.20. The summed E-state index contributed by atoms with van der Waals surface area (Å²) in [4.78, 5) is 12.2. The molecule has 0 bridgehead atoms. The van der Waals surface area contributed by atoms with Crippen LogP contribution in [0.1, 0.15) is 50.4 Å². The predicted octanol–water partition coefficient (Wildman–Crippen LogP) is 7.84. The molecule has 0 amide bonds. The largest absolute Gasteiger partial charge is 0.497 e. The van der Waals surface area contributed by atoms with Gasteiger partial charge in [0.2, 0.25) is 0 Å². The van der Waals surface area contributed by atoms with Crippen molar-refractivity contribution < 1.29 is 27.8 Å². The van der Waals surface area contributed by atoms with Crippen molar-refractivity contribution in [1.82, 2.24) is 4.72 Å². The summed E-state index contributed by atoms with van der Waals surface area (Å²) in [5.74, 6) is 0.865. The topological polar surface area (TPSA) is 69.9 Å². The van der Waals surface area contributed by atoms with Gasteiger partial charge in [-0.3, -0.25) is 9.52 Å². The molecule has 1 heterocycles. The molecule has 1 unspecified atom stereocenters. The van der Waals surface area contributed by atoms with Crippen molar-refractivity contribution >= 4 is 28.9 Å². The van der Waals surface area contributed by atoms with Crippen LogP contribution in [0.4, 0.5) is 4.39 Å². The average Bonchev–Trinajstić information content (AvgIpc) is 3.41. The molecule has 0 saturated carbocycles. The maximum Gasteiger partial charge on any atom is 0.310 e. The van der Waals surface area contributed by atoms with Gasteiger partial charge in [0.05, 0.1) is 32.4 Å². The SMILES string of the molecule is CCOC(=O)Cc1ccc(OC)cc1OCc1cc(-c2cccc(C(CF)NSC(C)(C)C)c2)c2occc2c1. The summed E-state index contributed by atoms with van der Waals surface area (Å²) in [6.45, 7) is 8.09. The highest BCUT2D eigenvalue weighted by Gasteiger charge is 2.19. The Morgan fingerprint density at radius 1 is 1.10 bits per heavy atom. The molecule has 1 atom stereocenters. The van der Waals surface area contributed by atoms with Crippen molar-refractivity contribution in [3.8, 4) is 22.6 Å². The van der Waals surface area contributed by atoms with Crippen LogP contribution < -0.4 is 14.2 Å². The Balaban J connectivity index is 1.62. The number of hydrogen-bond donors (Lipinski definition) is 1. The van der Waals surface area contributed by atoms with Gasteiger partial charge in [0.25, 0.3) is 0 Å². The fourth-order valence-electron chi connectivity index (χ4n) is 4.27. The lowest BCUT2D eigenvalue weighted by atomic mass is 9.97. The number of carbonyl (C=O) groups is 1. The second-order valence-corrected chi connectivity index (χ2v) is 12.1. The molecule has 6 nitrogen and oxygen atoms in total. The molecule has 0 saturated heterocycles. The van der Waals surface area contributed by atoms with E-state index < -0.39 is 12.7 Å². The third-order valence-electron chi connectivity index (χ3n) is 6.18. The van der Waals surface area contributed by atoms with Crippen LogP contribution in [0.15, 0.2) is 71.3 Å². The van der Waals surface area contributed by atoms with Crippen molar-refractivity contribution in [2.24, 2.45) is 0 Å². The van der Waals surface area contributed by atoms with Gasteiger partial charge in [0.15, 0.2) is 0 Å². The maximum absolute atomic E-state index is 14.0. The Morgan fingerprint density at radius 3 is 2.65 bits per heavy atom. The first-order chi connectivity index (χ1) is 19.2. The molecule has 0 aliphatic heterocycles. The van der Waals surface area contributed by atoms with E-state index in [-0.39, 0.29) is 23.7 Å². The van der Waals surface area contributed by atoms with Crippen LogP contribution in [0.25, 0.3) is 22.1 Å². The monoisotopic (exact) mass is 565 g/mol. The lowest BCUT2D eigenvalue weighted by molar-refractivity contribution is -0.142. The van der Waals surface area contributed by atoms with E-state index in [1.807, 2.05) is 48.5 Å². The predicted molar refractivity (Wildman–Crippen MR) is 159 cm³/mol. The Kier molecular flexibility index (Phi) is 9.76. The average molecular weight is 566 g/mol. The number of esters is 1. The number of rotatable bonds is 12. The van der Waals surface area contributed by atoms with E-state index >= 15 is 0 Å². The maximum atomic E-state index is 14.0. The summed E-state index contributed by atoms with van der Waals surface area (Å²) in [5.41, 5.74) is 5.06. The number of alkyl halides is 1. The number of methoxy groups -OCH3 is 1. The smallest absolute Gasteiger partial charge is 0.310 e. The van der Waals surface area contributed by atoms with Crippen molar-refractivity contribution in [2.45, 2.75) is 51.5 Å². The molecular weight excluding hydrogens is 529 g/mol. The normalized spacial score (nSPS) is 12.3. The zero-order valence-corrected chi connectivity index (χ0v) is 24.4. The van der Waals surface area contributed by atoms with Gasteiger partial charge in [0, 0.05) is 27.3 Å². The van der Waals surface area contributed by atoms with Crippen LogP contribution in [0, 0.1) is 0 Å². The first kappa shape index (κ1) is 29.5. The molecule has 4 rings (SSSR count). The first-order valence-corrected chi connectivity index (χ1v) is 14.1. The van der Waals surface area contributed by atoms with E-state index in [2.05, 4.69) is 25.5 Å². The van der Waals surface area contributed by atoms with Gasteiger partial charge in [-0.1, -0.05) is 36.2 Å². The molecule has 1 aromatic heterocycles. The van der Waals surface area contributed by atoms with E-state index in [9.17, 15) is 9.18 Å². The van der Waals surface area contributed by atoms with Crippen LogP contribution >= 0.6 is 11.9 Å².